The summed E-state index contributed by atoms with van der Waals surface area (Å²) < 4.78 is 39.0. The molecule has 0 aromatic carbocycles. The van der Waals surface area contributed by atoms with Crippen LogP contribution in [0.5, 0.6) is 5.75 Å². The lowest BCUT2D eigenvalue weighted by Crippen LogP contribution is -2.26. The van der Waals surface area contributed by atoms with Crippen LogP contribution in [0.4, 0.5) is 9.70 Å². The van der Waals surface area contributed by atoms with Crippen LogP contribution in [0.25, 0.3) is 0 Å². The van der Waals surface area contributed by atoms with Gasteiger partial charge in [-0.1, -0.05) is 0 Å². The van der Waals surface area contributed by atoms with Gasteiger partial charge >= 0.3 is 10.2 Å². The standard InChI is InChI=1S/C11H13FN2O4S/c1-18-9-3-2-4-13-11(9)14-6-8(5-10(14)15)7-19(12,16)17/h2-4,8H,5-7H2,1H3. The summed E-state index contributed by atoms with van der Waals surface area (Å²) in [5.74, 6) is -0.752. The number of aromatic nitrogens is 1. The number of halogens is 1. The molecule has 0 spiro atoms. The molecule has 1 aromatic rings. The highest BCUT2D eigenvalue weighted by Gasteiger charge is 2.35. The van der Waals surface area contributed by atoms with Gasteiger partial charge in [-0.25, -0.2) is 4.98 Å². The van der Waals surface area contributed by atoms with Crippen LogP contribution in [-0.4, -0.2) is 38.7 Å². The summed E-state index contributed by atoms with van der Waals surface area (Å²) in [4.78, 5) is 17.2. The third-order valence-electron chi connectivity index (χ3n) is 2.87. The number of ether oxygens (including phenoxy) is 1. The molecule has 1 amide bonds. The Morgan fingerprint density at radius 1 is 1.58 bits per heavy atom. The number of anilines is 1. The molecule has 1 aliphatic rings. The first-order valence-corrected chi connectivity index (χ1v) is 7.17. The number of carbonyl (C=O) groups excluding carboxylic acids is 1. The molecule has 1 saturated heterocycles. The predicted octanol–water partition coefficient (Wildman–Crippen LogP) is 0.742. The second-order valence-corrected chi connectivity index (χ2v) is 5.72. The van der Waals surface area contributed by atoms with Gasteiger partial charge in [-0.3, -0.25) is 9.69 Å². The average molecular weight is 288 g/mol. The fraction of sp³-hybridized carbons (Fsp3) is 0.455. The minimum absolute atomic E-state index is 0.0110. The number of nitrogens with zero attached hydrogens (tertiary/aromatic N) is 2. The molecule has 6 nitrogen and oxygen atoms in total. The Morgan fingerprint density at radius 3 is 2.95 bits per heavy atom. The first kappa shape index (κ1) is 13.7. The topological polar surface area (TPSA) is 76.6 Å². The van der Waals surface area contributed by atoms with Crippen molar-refractivity contribution in [1.29, 1.82) is 0 Å². The highest BCUT2D eigenvalue weighted by molar-refractivity contribution is 7.86. The molecule has 2 rings (SSSR count). The molecular formula is C11H13FN2O4S. The van der Waals surface area contributed by atoms with E-state index in [0.29, 0.717) is 11.6 Å². The van der Waals surface area contributed by atoms with Crippen molar-refractivity contribution in [2.45, 2.75) is 6.42 Å². The minimum atomic E-state index is -4.58. The SMILES string of the molecule is COc1cccnc1N1CC(CS(=O)(=O)F)CC1=O. The zero-order valence-corrected chi connectivity index (χ0v) is 11.1. The molecule has 8 heteroatoms. The lowest BCUT2D eigenvalue weighted by atomic mass is 10.1. The molecule has 1 atom stereocenters. The van der Waals surface area contributed by atoms with E-state index < -0.39 is 21.9 Å². The number of carbonyl (C=O) groups is 1. The lowest BCUT2D eigenvalue weighted by molar-refractivity contribution is -0.117. The number of amides is 1. The van der Waals surface area contributed by atoms with E-state index in [0.717, 1.165) is 0 Å². The van der Waals surface area contributed by atoms with Crippen molar-refractivity contribution in [2.24, 2.45) is 5.92 Å². The van der Waals surface area contributed by atoms with Crippen LogP contribution >= 0.6 is 0 Å². The van der Waals surface area contributed by atoms with Crippen molar-refractivity contribution in [3.63, 3.8) is 0 Å². The predicted molar refractivity (Wildman–Crippen MR) is 66.1 cm³/mol. The molecule has 19 heavy (non-hydrogen) atoms. The quantitative estimate of drug-likeness (QED) is 0.764. The number of rotatable bonds is 4. The second kappa shape index (κ2) is 5.12. The van der Waals surface area contributed by atoms with Crippen LogP contribution in [-0.2, 0) is 15.0 Å². The van der Waals surface area contributed by atoms with E-state index in [9.17, 15) is 17.1 Å². The third-order valence-corrected chi connectivity index (χ3v) is 3.74. The maximum atomic E-state index is 12.6. The van der Waals surface area contributed by atoms with Crippen molar-refractivity contribution < 1.29 is 21.8 Å². The van der Waals surface area contributed by atoms with Crippen molar-refractivity contribution >= 4 is 21.9 Å². The van der Waals surface area contributed by atoms with Gasteiger partial charge in [0.2, 0.25) is 5.91 Å². The zero-order chi connectivity index (χ0) is 14.0. The van der Waals surface area contributed by atoms with Crippen LogP contribution in [0, 0.1) is 5.92 Å². The second-order valence-electron chi connectivity index (χ2n) is 4.31. The first-order valence-electron chi connectivity index (χ1n) is 5.62. The summed E-state index contributed by atoms with van der Waals surface area (Å²) in [7, 11) is -3.13. The molecular weight excluding hydrogens is 275 g/mol. The lowest BCUT2D eigenvalue weighted by Gasteiger charge is -2.17. The fourth-order valence-corrected chi connectivity index (χ4v) is 2.91. The number of pyridine rings is 1. The van der Waals surface area contributed by atoms with E-state index in [1.165, 1.54) is 18.2 Å². The zero-order valence-electron chi connectivity index (χ0n) is 10.2. The van der Waals surface area contributed by atoms with Crippen LogP contribution in [0.15, 0.2) is 18.3 Å². The number of methoxy groups -OCH3 is 1. The van der Waals surface area contributed by atoms with Gasteiger partial charge in [-0.05, 0) is 12.1 Å². The molecule has 2 heterocycles. The molecule has 1 unspecified atom stereocenters. The van der Waals surface area contributed by atoms with Crippen LogP contribution in [0.1, 0.15) is 6.42 Å². The maximum absolute atomic E-state index is 12.6. The van der Waals surface area contributed by atoms with Gasteiger partial charge in [0.1, 0.15) is 0 Å². The molecule has 1 aromatic heterocycles. The number of hydrogen-bond acceptors (Lipinski definition) is 5. The summed E-state index contributed by atoms with van der Waals surface area (Å²) in [6.45, 7) is 0.120. The third kappa shape index (κ3) is 3.19. The Labute approximate surface area is 110 Å². The molecule has 0 N–H and O–H groups in total. The Hall–Kier alpha value is -1.70. The molecule has 0 bridgehead atoms. The molecule has 0 saturated carbocycles. The van der Waals surface area contributed by atoms with Crippen molar-refractivity contribution in [3.05, 3.63) is 18.3 Å². The minimum Gasteiger partial charge on any atom is -0.493 e. The molecule has 1 fully saturated rings. The summed E-state index contributed by atoms with van der Waals surface area (Å²) in [6.07, 6.45) is 1.49. The normalized spacial score (nSPS) is 19.8. The van der Waals surface area contributed by atoms with Crippen LogP contribution in [0.2, 0.25) is 0 Å². The summed E-state index contributed by atoms with van der Waals surface area (Å²) in [6, 6.07) is 3.31. The van der Waals surface area contributed by atoms with Gasteiger partial charge in [0.05, 0.1) is 12.9 Å². The Balaban J connectivity index is 2.20. The smallest absolute Gasteiger partial charge is 0.302 e. The van der Waals surface area contributed by atoms with Gasteiger partial charge < -0.3 is 4.74 Å². The Kier molecular flexibility index (Phi) is 3.70. The Bertz CT molecular complexity index is 590. The van der Waals surface area contributed by atoms with Crippen molar-refractivity contribution in [3.8, 4) is 5.75 Å². The number of hydrogen-bond donors (Lipinski definition) is 0. The highest BCUT2D eigenvalue weighted by Crippen LogP contribution is 2.31. The Morgan fingerprint density at radius 2 is 2.32 bits per heavy atom. The van der Waals surface area contributed by atoms with E-state index in [1.807, 2.05) is 0 Å². The van der Waals surface area contributed by atoms with Gasteiger partial charge in [-0.2, -0.15) is 8.42 Å². The van der Waals surface area contributed by atoms with E-state index in [2.05, 4.69) is 4.98 Å². The van der Waals surface area contributed by atoms with Crippen molar-refractivity contribution in [2.75, 3.05) is 24.3 Å². The summed E-state index contributed by atoms with van der Waals surface area (Å²) in [5, 5.41) is 0. The molecule has 1 aliphatic heterocycles. The van der Waals surface area contributed by atoms with Gasteiger partial charge in [0.25, 0.3) is 0 Å². The molecule has 104 valence electrons. The van der Waals surface area contributed by atoms with E-state index in [1.54, 1.807) is 12.1 Å². The van der Waals surface area contributed by atoms with Crippen LogP contribution < -0.4 is 9.64 Å². The van der Waals surface area contributed by atoms with E-state index >= 15 is 0 Å². The average Bonchev–Trinajstić information content (AvgIpc) is 2.67. The highest BCUT2D eigenvalue weighted by atomic mass is 32.3. The van der Waals surface area contributed by atoms with Crippen molar-refractivity contribution in [1.82, 2.24) is 4.98 Å². The molecule has 0 radical (unpaired) electrons. The molecule has 0 aliphatic carbocycles. The van der Waals surface area contributed by atoms with E-state index in [-0.39, 0.29) is 18.9 Å². The fourth-order valence-electron chi connectivity index (χ4n) is 2.12. The monoisotopic (exact) mass is 288 g/mol. The van der Waals surface area contributed by atoms with Crippen LogP contribution in [0.3, 0.4) is 0 Å². The summed E-state index contributed by atoms with van der Waals surface area (Å²) >= 11 is 0. The summed E-state index contributed by atoms with van der Waals surface area (Å²) in [5.41, 5.74) is 0. The first-order chi connectivity index (χ1) is 8.90. The van der Waals surface area contributed by atoms with Gasteiger partial charge in [0.15, 0.2) is 11.6 Å². The van der Waals surface area contributed by atoms with Gasteiger partial charge in [-0.15, -0.1) is 3.89 Å². The largest absolute Gasteiger partial charge is 0.493 e. The maximum Gasteiger partial charge on any atom is 0.302 e. The van der Waals surface area contributed by atoms with E-state index in [4.69, 9.17) is 4.74 Å². The van der Waals surface area contributed by atoms with Gasteiger partial charge in [0, 0.05) is 25.1 Å².